The van der Waals surface area contributed by atoms with Gasteiger partial charge in [0.1, 0.15) is 11.6 Å². The fourth-order valence-corrected chi connectivity index (χ4v) is 3.03. The maximum atomic E-state index is 5.83. The summed E-state index contributed by atoms with van der Waals surface area (Å²) < 4.78 is 7.79. The average Bonchev–Trinajstić information content (AvgIpc) is 3.27. The van der Waals surface area contributed by atoms with Crippen molar-refractivity contribution >= 4 is 5.96 Å². The van der Waals surface area contributed by atoms with Gasteiger partial charge in [-0.1, -0.05) is 6.07 Å². The number of nitrogens with zero attached hydrogens (tertiary/aromatic N) is 4. The van der Waals surface area contributed by atoms with Crippen molar-refractivity contribution in [2.75, 3.05) is 19.7 Å². The van der Waals surface area contributed by atoms with E-state index in [-0.39, 0.29) is 5.60 Å². The summed E-state index contributed by atoms with van der Waals surface area (Å²) in [4.78, 5) is 13.4. The lowest BCUT2D eigenvalue weighted by Gasteiger charge is -2.24. The van der Waals surface area contributed by atoms with E-state index in [2.05, 4.69) is 45.5 Å². The minimum absolute atomic E-state index is 0.0952. The Labute approximate surface area is 154 Å². The van der Waals surface area contributed by atoms with Crippen LogP contribution in [0.1, 0.15) is 38.1 Å². The van der Waals surface area contributed by atoms with Crippen molar-refractivity contribution in [2.24, 2.45) is 4.99 Å². The standard InChI is InChI=1S/C19H28N6O/c1-4-20-18(24-14-19(3)8-5-11-26-19)23-13-16-6-7-17(22-12-16)25-10-9-21-15(25)2/h6-7,9-10,12H,4-5,8,11,13-14H2,1-3H3,(H2,20,23,24). The molecule has 2 N–H and O–H groups in total. The molecule has 0 aliphatic carbocycles. The minimum atomic E-state index is -0.0952. The second kappa shape index (κ2) is 8.31. The van der Waals surface area contributed by atoms with Crippen LogP contribution in [0.2, 0.25) is 0 Å². The maximum absolute atomic E-state index is 5.83. The molecule has 1 aliphatic rings. The van der Waals surface area contributed by atoms with Crippen LogP contribution < -0.4 is 10.6 Å². The molecular weight excluding hydrogens is 328 g/mol. The summed E-state index contributed by atoms with van der Waals surface area (Å²) >= 11 is 0. The molecule has 0 spiro atoms. The number of hydrogen-bond acceptors (Lipinski definition) is 4. The van der Waals surface area contributed by atoms with Crippen molar-refractivity contribution < 1.29 is 4.74 Å². The molecule has 2 aromatic rings. The fourth-order valence-electron chi connectivity index (χ4n) is 3.03. The number of nitrogens with one attached hydrogen (secondary N) is 2. The van der Waals surface area contributed by atoms with Gasteiger partial charge in [-0.25, -0.2) is 15.0 Å². The van der Waals surface area contributed by atoms with Crippen molar-refractivity contribution in [3.8, 4) is 5.82 Å². The van der Waals surface area contributed by atoms with Gasteiger partial charge in [-0.05, 0) is 45.2 Å². The van der Waals surface area contributed by atoms with Gasteiger partial charge in [0.05, 0.1) is 12.1 Å². The Kier molecular flexibility index (Phi) is 5.88. The van der Waals surface area contributed by atoms with E-state index in [1.54, 1.807) is 6.20 Å². The molecule has 7 heteroatoms. The molecule has 0 amide bonds. The fraction of sp³-hybridized carbons (Fsp3) is 0.526. The zero-order valence-corrected chi connectivity index (χ0v) is 15.8. The van der Waals surface area contributed by atoms with Crippen LogP contribution in [-0.2, 0) is 11.3 Å². The number of ether oxygens (including phenoxy) is 1. The Balaban J connectivity index is 1.61. The number of aliphatic imine (C=N–C) groups is 1. The predicted molar refractivity (Wildman–Crippen MR) is 103 cm³/mol. The average molecular weight is 356 g/mol. The number of aromatic nitrogens is 3. The SMILES string of the molecule is CCNC(=NCc1ccc(-n2ccnc2C)nc1)NCC1(C)CCCO1. The first-order valence-electron chi connectivity index (χ1n) is 9.21. The quantitative estimate of drug-likeness (QED) is 0.613. The summed E-state index contributed by atoms with van der Waals surface area (Å²) in [5.74, 6) is 2.59. The maximum Gasteiger partial charge on any atom is 0.191 e. The van der Waals surface area contributed by atoms with Crippen molar-refractivity contribution in [1.82, 2.24) is 25.2 Å². The van der Waals surface area contributed by atoms with Crippen LogP contribution in [-0.4, -0.2) is 45.8 Å². The normalized spacial score (nSPS) is 20.3. The van der Waals surface area contributed by atoms with Gasteiger partial charge < -0.3 is 15.4 Å². The Bertz CT molecular complexity index is 731. The monoisotopic (exact) mass is 356 g/mol. The first-order chi connectivity index (χ1) is 12.6. The summed E-state index contributed by atoms with van der Waals surface area (Å²) in [6.07, 6.45) is 7.76. The third-order valence-electron chi connectivity index (χ3n) is 4.58. The van der Waals surface area contributed by atoms with E-state index in [0.717, 1.165) is 55.7 Å². The molecule has 1 fully saturated rings. The van der Waals surface area contributed by atoms with Gasteiger partial charge in [-0.15, -0.1) is 0 Å². The van der Waals surface area contributed by atoms with E-state index < -0.39 is 0 Å². The van der Waals surface area contributed by atoms with E-state index in [9.17, 15) is 0 Å². The van der Waals surface area contributed by atoms with Crippen LogP contribution >= 0.6 is 0 Å². The van der Waals surface area contributed by atoms with Gasteiger partial charge in [0, 0.05) is 38.3 Å². The van der Waals surface area contributed by atoms with E-state index >= 15 is 0 Å². The molecule has 140 valence electrons. The summed E-state index contributed by atoms with van der Waals surface area (Å²) in [6.45, 7) is 9.18. The molecule has 0 aromatic carbocycles. The highest BCUT2D eigenvalue weighted by Crippen LogP contribution is 2.23. The highest BCUT2D eigenvalue weighted by molar-refractivity contribution is 5.79. The van der Waals surface area contributed by atoms with Crippen molar-refractivity contribution in [3.63, 3.8) is 0 Å². The van der Waals surface area contributed by atoms with Gasteiger partial charge in [0.25, 0.3) is 0 Å². The highest BCUT2D eigenvalue weighted by atomic mass is 16.5. The molecule has 1 unspecified atom stereocenters. The first kappa shape index (κ1) is 18.4. The van der Waals surface area contributed by atoms with Gasteiger partial charge in [-0.3, -0.25) is 4.57 Å². The molecule has 3 heterocycles. The summed E-state index contributed by atoms with van der Waals surface area (Å²) in [7, 11) is 0. The number of pyridine rings is 1. The van der Waals surface area contributed by atoms with Crippen LogP contribution in [0.3, 0.4) is 0 Å². The number of imidazole rings is 1. The zero-order chi connectivity index (χ0) is 18.4. The Hall–Kier alpha value is -2.41. The van der Waals surface area contributed by atoms with Gasteiger partial charge in [0.2, 0.25) is 0 Å². The van der Waals surface area contributed by atoms with Crippen LogP contribution in [0.25, 0.3) is 5.82 Å². The second-order valence-corrected chi connectivity index (χ2v) is 6.82. The third kappa shape index (κ3) is 4.60. The smallest absolute Gasteiger partial charge is 0.191 e. The summed E-state index contributed by atoms with van der Waals surface area (Å²) in [6, 6.07) is 4.05. The lowest BCUT2D eigenvalue weighted by atomic mass is 10.0. The number of aryl methyl sites for hydroxylation is 1. The van der Waals surface area contributed by atoms with E-state index in [4.69, 9.17) is 4.74 Å². The topological polar surface area (TPSA) is 76.4 Å². The van der Waals surface area contributed by atoms with Gasteiger partial charge in [0.15, 0.2) is 5.96 Å². The van der Waals surface area contributed by atoms with Crippen LogP contribution in [0.4, 0.5) is 0 Å². The molecule has 1 aliphatic heterocycles. The Morgan fingerprint density at radius 3 is 2.85 bits per heavy atom. The Morgan fingerprint density at radius 1 is 1.35 bits per heavy atom. The first-order valence-corrected chi connectivity index (χ1v) is 9.21. The van der Waals surface area contributed by atoms with Gasteiger partial charge in [-0.2, -0.15) is 0 Å². The molecule has 0 radical (unpaired) electrons. The molecule has 0 bridgehead atoms. The number of hydrogen-bond donors (Lipinski definition) is 2. The molecular formula is C19H28N6O. The van der Waals surface area contributed by atoms with Crippen molar-refractivity contribution in [1.29, 1.82) is 0 Å². The molecule has 1 saturated heterocycles. The second-order valence-electron chi connectivity index (χ2n) is 6.82. The molecule has 26 heavy (non-hydrogen) atoms. The summed E-state index contributed by atoms with van der Waals surface area (Å²) in [5.41, 5.74) is 0.967. The van der Waals surface area contributed by atoms with E-state index in [1.807, 2.05) is 30.0 Å². The molecule has 3 rings (SSSR count). The van der Waals surface area contributed by atoms with Gasteiger partial charge >= 0.3 is 0 Å². The highest BCUT2D eigenvalue weighted by Gasteiger charge is 2.29. The Morgan fingerprint density at radius 2 is 2.23 bits per heavy atom. The lowest BCUT2D eigenvalue weighted by molar-refractivity contribution is 0.0243. The van der Waals surface area contributed by atoms with E-state index in [0.29, 0.717) is 6.54 Å². The lowest BCUT2D eigenvalue weighted by Crippen LogP contribution is -2.45. The molecule has 7 nitrogen and oxygen atoms in total. The number of rotatable bonds is 6. The number of guanidine groups is 1. The van der Waals surface area contributed by atoms with Crippen LogP contribution in [0.15, 0.2) is 35.7 Å². The zero-order valence-electron chi connectivity index (χ0n) is 15.8. The predicted octanol–water partition coefficient (Wildman–Crippen LogP) is 2.20. The van der Waals surface area contributed by atoms with Crippen molar-refractivity contribution in [3.05, 3.63) is 42.1 Å². The summed E-state index contributed by atoms with van der Waals surface area (Å²) in [5, 5.41) is 6.68. The van der Waals surface area contributed by atoms with Crippen molar-refractivity contribution in [2.45, 2.75) is 45.8 Å². The molecule has 1 atom stereocenters. The van der Waals surface area contributed by atoms with E-state index in [1.165, 1.54) is 0 Å². The van der Waals surface area contributed by atoms with Crippen LogP contribution in [0.5, 0.6) is 0 Å². The molecule has 0 saturated carbocycles. The largest absolute Gasteiger partial charge is 0.373 e. The minimum Gasteiger partial charge on any atom is -0.373 e. The third-order valence-corrected chi connectivity index (χ3v) is 4.58. The van der Waals surface area contributed by atoms with Crippen LogP contribution in [0, 0.1) is 6.92 Å². The molecule has 2 aromatic heterocycles.